The van der Waals surface area contributed by atoms with Gasteiger partial charge in [-0.2, -0.15) is 4.31 Å². The number of carbonyl (C=O) groups is 1. The summed E-state index contributed by atoms with van der Waals surface area (Å²) in [6.45, 7) is 4.31. The quantitative estimate of drug-likeness (QED) is 0.637. The molecule has 154 valence electrons. The van der Waals surface area contributed by atoms with E-state index in [0.717, 1.165) is 18.7 Å². The zero-order valence-electron chi connectivity index (χ0n) is 16.7. The van der Waals surface area contributed by atoms with Crippen molar-refractivity contribution in [3.8, 4) is 0 Å². The van der Waals surface area contributed by atoms with Crippen LogP contribution in [0.25, 0.3) is 11.1 Å². The van der Waals surface area contributed by atoms with Crippen molar-refractivity contribution in [1.82, 2.24) is 13.9 Å². The monoisotopic (exact) mass is 416 g/mol. The maximum absolute atomic E-state index is 12.8. The van der Waals surface area contributed by atoms with Crippen LogP contribution in [0.15, 0.2) is 39.8 Å². The fourth-order valence-electron chi connectivity index (χ4n) is 3.34. The average Bonchev–Trinajstić information content (AvgIpc) is 3.32. The Balaban J connectivity index is 1.57. The minimum atomic E-state index is -3.63. The van der Waals surface area contributed by atoms with E-state index >= 15 is 0 Å². The number of hydrogen-bond acceptors (Lipinski definition) is 5. The Bertz CT molecular complexity index is 1170. The first-order valence-electron chi connectivity index (χ1n) is 9.71. The van der Waals surface area contributed by atoms with E-state index in [-0.39, 0.29) is 10.6 Å². The molecule has 0 bridgehead atoms. The van der Waals surface area contributed by atoms with Crippen molar-refractivity contribution in [1.29, 1.82) is 0 Å². The number of hydrogen-bond donors (Lipinski definition) is 1. The van der Waals surface area contributed by atoms with Crippen LogP contribution in [0, 0.1) is 0 Å². The van der Waals surface area contributed by atoms with E-state index < -0.39 is 15.9 Å². The van der Waals surface area contributed by atoms with E-state index in [9.17, 15) is 13.2 Å². The third-order valence-corrected chi connectivity index (χ3v) is 7.16. The molecule has 2 heterocycles. The lowest BCUT2D eigenvalue weighted by molar-refractivity contribution is 0.101. The van der Waals surface area contributed by atoms with Crippen molar-refractivity contribution >= 4 is 32.7 Å². The van der Waals surface area contributed by atoms with Gasteiger partial charge in [-0.3, -0.25) is 4.79 Å². The van der Waals surface area contributed by atoms with Crippen molar-refractivity contribution in [2.75, 3.05) is 18.4 Å². The van der Waals surface area contributed by atoms with Crippen molar-refractivity contribution in [2.24, 2.45) is 7.05 Å². The molecule has 1 N–H and O–H groups in total. The Kier molecular flexibility index (Phi) is 4.95. The molecule has 9 heteroatoms. The topological polar surface area (TPSA) is 97.4 Å². The molecular weight excluding hydrogens is 392 g/mol. The first-order chi connectivity index (χ1) is 13.8. The van der Waals surface area contributed by atoms with Gasteiger partial charge in [0.1, 0.15) is 16.1 Å². The van der Waals surface area contributed by atoms with Crippen LogP contribution in [0.2, 0.25) is 0 Å². The average molecular weight is 417 g/mol. The summed E-state index contributed by atoms with van der Waals surface area (Å²) in [7, 11) is -1.98. The summed E-state index contributed by atoms with van der Waals surface area (Å²) in [5.74, 6) is 0.769. The fraction of sp³-hybridized carbons (Fsp3) is 0.400. The number of oxazole rings is 1. The van der Waals surface area contributed by atoms with Crippen molar-refractivity contribution < 1.29 is 17.6 Å². The molecule has 0 radical (unpaired) electrons. The summed E-state index contributed by atoms with van der Waals surface area (Å²) < 4.78 is 34.0. The number of aryl methyl sites for hydroxylation is 1. The highest BCUT2D eigenvalue weighted by Crippen LogP contribution is 2.40. The van der Waals surface area contributed by atoms with Crippen molar-refractivity contribution in [2.45, 2.75) is 37.5 Å². The second-order valence-corrected chi connectivity index (χ2v) is 9.16. The Morgan fingerprint density at radius 1 is 1.28 bits per heavy atom. The number of rotatable bonds is 7. The van der Waals surface area contributed by atoms with Gasteiger partial charge in [0.25, 0.3) is 5.91 Å². The molecule has 1 aromatic carbocycles. The molecule has 0 atom stereocenters. The van der Waals surface area contributed by atoms with Crippen LogP contribution in [-0.2, 0) is 17.1 Å². The second-order valence-electron chi connectivity index (χ2n) is 7.22. The minimum absolute atomic E-state index is 0.106. The van der Waals surface area contributed by atoms with Crippen molar-refractivity contribution in [3.05, 3.63) is 42.0 Å². The number of sulfonamides is 1. The number of benzene rings is 1. The van der Waals surface area contributed by atoms with Gasteiger partial charge in [-0.15, -0.1) is 0 Å². The van der Waals surface area contributed by atoms with Crippen LogP contribution >= 0.6 is 0 Å². The summed E-state index contributed by atoms with van der Waals surface area (Å²) in [6.07, 6.45) is 3.66. The van der Waals surface area contributed by atoms with E-state index in [1.165, 1.54) is 21.1 Å². The van der Waals surface area contributed by atoms with Gasteiger partial charge < -0.3 is 14.3 Å². The van der Waals surface area contributed by atoms with Gasteiger partial charge in [-0.25, -0.2) is 13.4 Å². The van der Waals surface area contributed by atoms with E-state index in [0.29, 0.717) is 35.8 Å². The van der Waals surface area contributed by atoms with Gasteiger partial charge >= 0.3 is 0 Å². The highest BCUT2D eigenvalue weighted by molar-refractivity contribution is 7.89. The summed E-state index contributed by atoms with van der Waals surface area (Å²) in [5.41, 5.74) is 2.22. The van der Waals surface area contributed by atoms with Gasteiger partial charge in [-0.05, 0) is 37.1 Å². The molecule has 2 aromatic heterocycles. The summed E-state index contributed by atoms with van der Waals surface area (Å²) in [5, 5.41) is 2.82. The third kappa shape index (κ3) is 3.67. The Morgan fingerprint density at radius 2 is 2.00 bits per heavy atom. The van der Waals surface area contributed by atoms with E-state index in [4.69, 9.17) is 4.42 Å². The number of nitrogens with zero attached hydrogens (tertiary/aromatic N) is 3. The number of amides is 1. The summed E-state index contributed by atoms with van der Waals surface area (Å²) in [6, 6.07) is 6.70. The molecule has 1 aliphatic rings. The van der Waals surface area contributed by atoms with E-state index in [1.807, 2.05) is 0 Å². The highest BCUT2D eigenvalue weighted by Gasteiger charge is 2.29. The normalized spacial score (nSPS) is 14.6. The molecular formula is C20H24N4O4S. The van der Waals surface area contributed by atoms with E-state index in [2.05, 4.69) is 10.3 Å². The lowest BCUT2D eigenvalue weighted by atomic mass is 10.2. The lowest BCUT2D eigenvalue weighted by Gasteiger charge is -2.17. The molecule has 29 heavy (non-hydrogen) atoms. The fourth-order valence-corrected chi connectivity index (χ4v) is 4.87. The molecule has 0 saturated heterocycles. The predicted molar refractivity (Wildman–Crippen MR) is 109 cm³/mol. The largest absolute Gasteiger partial charge is 0.440 e. The predicted octanol–water partition coefficient (Wildman–Crippen LogP) is 3.33. The Morgan fingerprint density at radius 3 is 2.66 bits per heavy atom. The zero-order chi connectivity index (χ0) is 20.8. The molecule has 1 aliphatic carbocycles. The molecule has 1 amide bonds. The smallest absolute Gasteiger partial charge is 0.272 e. The Hall–Kier alpha value is -2.65. The first kappa shape index (κ1) is 19.7. The molecule has 0 unspecified atom stereocenters. The number of aromatic nitrogens is 2. The van der Waals surface area contributed by atoms with Crippen LogP contribution in [0.1, 0.15) is 49.0 Å². The molecule has 0 aliphatic heterocycles. The first-order valence-corrected chi connectivity index (χ1v) is 11.2. The number of fused-ring (bicyclic) bond motifs is 1. The standard InChI is InChI=1S/C20H24N4O4S/c1-4-24(5-2)29(26,27)15-11-17(23(3)12-15)19(25)21-14-8-9-18-16(10-14)22-20(28-18)13-6-7-13/h8-13H,4-7H2,1-3H3,(H,21,25). The molecule has 3 aromatic rings. The maximum atomic E-state index is 12.8. The molecule has 1 saturated carbocycles. The summed E-state index contributed by atoms with van der Waals surface area (Å²) in [4.78, 5) is 17.4. The van der Waals surface area contributed by atoms with Gasteiger partial charge in [0.2, 0.25) is 10.0 Å². The van der Waals surface area contributed by atoms with Gasteiger partial charge in [0.05, 0.1) is 0 Å². The number of carbonyl (C=O) groups excluding carboxylic acids is 1. The second kappa shape index (κ2) is 7.31. The Labute approximate surface area is 169 Å². The highest BCUT2D eigenvalue weighted by atomic mass is 32.2. The minimum Gasteiger partial charge on any atom is -0.440 e. The van der Waals surface area contributed by atoms with Gasteiger partial charge in [-0.1, -0.05) is 13.8 Å². The van der Waals surface area contributed by atoms with Crippen LogP contribution in [0.5, 0.6) is 0 Å². The van der Waals surface area contributed by atoms with Gasteiger partial charge in [0, 0.05) is 37.9 Å². The zero-order valence-corrected chi connectivity index (χ0v) is 17.5. The van der Waals surface area contributed by atoms with Crippen molar-refractivity contribution in [3.63, 3.8) is 0 Å². The third-order valence-electron chi connectivity index (χ3n) is 5.14. The van der Waals surface area contributed by atoms with Crippen LogP contribution in [0.3, 0.4) is 0 Å². The maximum Gasteiger partial charge on any atom is 0.272 e. The molecule has 0 spiro atoms. The van der Waals surface area contributed by atoms with E-state index in [1.54, 1.807) is 39.1 Å². The lowest BCUT2D eigenvalue weighted by Crippen LogP contribution is -2.30. The SMILES string of the molecule is CCN(CC)S(=O)(=O)c1cc(C(=O)Nc2ccc3oc(C4CC4)nc3c2)n(C)c1. The van der Waals surface area contributed by atoms with Crippen LogP contribution in [0.4, 0.5) is 5.69 Å². The number of anilines is 1. The number of nitrogens with one attached hydrogen (secondary N) is 1. The van der Waals surface area contributed by atoms with Crippen LogP contribution in [-0.4, -0.2) is 41.3 Å². The molecule has 8 nitrogen and oxygen atoms in total. The molecule has 4 rings (SSSR count). The molecule has 1 fully saturated rings. The van der Waals surface area contributed by atoms with Gasteiger partial charge in [0.15, 0.2) is 11.5 Å². The van der Waals surface area contributed by atoms with Crippen LogP contribution < -0.4 is 5.32 Å². The summed E-state index contributed by atoms with van der Waals surface area (Å²) >= 11 is 0.